The summed E-state index contributed by atoms with van der Waals surface area (Å²) >= 11 is 0. The first-order valence-corrected chi connectivity index (χ1v) is 9.23. The van der Waals surface area contributed by atoms with Crippen molar-refractivity contribution in [1.82, 2.24) is 0 Å². The largest absolute Gasteiger partial charge is 0.387 e. The fraction of sp³-hybridized carbons (Fsp3) is 0.0769. The van der Waals surface area contributed by atoms with Crippen LogP contribution in [0, 0.1) is 0 Å². The van der Waals surface area contributed by atoms with E-state index in [0.717, 1.165) is 22.3 Å². The molecule has 27 heavy (non-hydrogen) atoms. The summed E-state index contributed by atoms with van der Waals surface area (Å²) in [4.78, 5) is 0. The SMILES string of the molecule is O[C@H](c1ccccc1)C(c1ccccc1)(c1ccccc1)c1ccccc1. The van der Waals surface area contributed by atoms with Crippen LogP contribution in [0.4, 0.5) is 0 Å². The highest BCUT2D eigenvalue weighted by Gasteiger charge is 2.43. The Labute approximate surface area is 160 Å². The summed E-state index contributed by atoms with van der Waals surface area (Å²) in [6.45, 7) is 0. The summed E-state index contributed by atoms with van der Waals surface area (Å²) in [5.74, 6) is 0. The minimum Gasteiger partial charge on any atom is -0.387 e. The molecule has 0 aliphatic rings. The highest BCUT2D eigenvalue weighted by molar-refractivity contribution is 5.53. The molecule has 0 saturated heterocycles. The molecule has 0 saturated carbocycles. The van der Waals surface area contributed by atoms with E-state index < -0.39 is 11.5 Å². The summed E-state index contributed by atoms with van der Waals surface area (Å²) < 4.78 is 0. The molecule has 0 amide bonds. The molecule has 0 bridgehead atoms. The van der Waals surface area contributed by atoms with Gasteiger partial charge in [-0.1, -0.05) is 121 Å². The second-order valence-corrected chi connectivity index (χ2v) is 6.72. The lowest BCUT2D eigenvalue weighted by Gasteiger charge is -2.40. The molecule has 0 unspecified atom stereocenters. The van der Waals surface area contributed by atoms with E-state index in [9.17, 15) is 5.11 Å². The van der Waals surface area contributed by atoms with Crippen LogP contribution in [0.15, 0.2) is 121 Å². The normalized spacial score (nSPS) is 12.5. The van der Waals surface area contributed by atoms with Crippen molar-refractivity contribution in [3.8, 4) is 0 Å². The Balaban J connectivity index is 2.07. The van der Waals surface area contributed by atoms with Gasteiger partial charge in [0.15, 0.2) is 0 Å². The van der Waals surface area contributed by atoms with Crippen LogP contribution in [0.5, 0.6) is 0 Å². The first-order chi connectivity index (χ1) is 13.3. The molecule has 1 N–H and O–H groups in total. The molecule has 4 aromatic rings. The van der Waals surface area contributed by atoms with Gasteiger partial charge in [-0.25, -0.2) is 0 Å². The summed E-state index contributed by atoms with van der Waals surface area (Å²) in [5, 5.41) is 11.8. The van der Waals surface area contributed by atoms with E-state index in [2.05, 4.69) is 36.4 Å². The lowest BCUT2D eigenvalue weighted by molar-refractivity contribution is 0.122. The van der Waals surface area contributed by atoms with Gasteiger partial charge in [-0.3, -0.25) is 0 Å². The summed E-state index contributed by atoms with van der Waals surface area (Å²) in [5.41, 5.74) is 3.40. The zero-order valence-electron chi connectivity index (χ0n) is 15.1. The Kier molecular flexibility index (Phi) is 4.86. The van der Waals surface area contributed by atoms with E-state index in [1.165, 1.54) is 0 Å². The highest BCUT2D eigenvalue weighted by Crippen LogP contribution is 2.48. The fourth-order valence-electron chi connectivity index (χ4n) is 3.96. The molecule has 1 heteroatoms. The quantitative estimate of drug-likeness (QED) is 0.454. The molecule has 1 atom stereocenters. The molecule has 0 aromatic heterocycles. The van der Waals surface area contributed by atoms with Gasteiger partial charge in [-0.2, -0.15) is 0 Å². The Hall–Kier alpha value is -3.16. The molecular weight excluding hydrogens is 328 g/mol. The van der Waals surface area contributed by atoms with Crippen LogP contribution < -0.4 is 0 Å². The second-order valence-electron chi connectivity index (χ2n) is 6.72. The molecule has 0 heterocycles. The fourth-order valence-corrected chi connectivity index (χ4v) is 3.96. The molecule has 4 aromatic carbocycles. The van der Waals surface area contributed by atoms with Crippen molar-refractivity contribution < 1.29 is 5.11 Å². The molecule has 4 rings (SSSR count). The summed E-state index contributed by atoms with van der Waals surface area (Å²) in [6.07, 6.45) is -0.731. The second kappa shape index (κ2) is 7.61. The average molecular weight is 350 g/mol. The molecular formula is C26H22O. The van der Waals surface area contributed by atoms with Gasteiger partial charge in [0.1, 0.15) is 0 Å². The molecule has 1 nitrogen and oxygen atoms in total. The van der Waals surface area contributed by atoms with Crippen molar-refractivity contribution in [3.63, 3.8) is 0 Å². The van der Waals surface area contributed by atoms with Gasteiger partial charge in [0.2, 0.25) is 0 Å². The molecule has 0 fully saturated rings. The van der Waals surface area contributed by atoms with Crippen molar-refractivity contribution in [2.75, 3.05) is 0 Å². The lowest BCUT2D eigenvalue weighted by Crippen LogP contribution is -2.36. The van der Waals surface area contributed by atoms with Gasteiger partial charge in [0, 0.05) is 0 Å². The van der Waals surface area contributed by atoms with Crippen LogP contribution in [0.25, 0.3) is 0 Å². The smallest absolute Gasteiger partial charge is 0.0968 e. The zero-order valence-corrected chi connectivity index (χ0v) is 15.1. The van der Waals surface area contributed by atoms with E-state index >= 15 is 0 Å². The third kappa shape index (κ3) is 3.07. The van der Waals surface area contributed by atoms with Crippen LogP contribution in [0.2, 0.25) is 0 Å². The number of benzene rings is 4. The highest BCUT2D eigenvalue weighted by atomic mass is 16.3. The van der Waals surface area contributed by atoms with E-state index in [-0.39, 0.29) is 0 Å². The average Bonchev–Trinajstić information content (AvgIpc) is 2.77. The topological polar surface area (TPSA) is 20.2 Å². The number of rotatable bonds is 5. The van der Waals surface area contributed by atoms with Gasteiger partial charge >= 0.3 is 0 Å². The first-order valence-electron chi connectivity index (χ1n) is 9.23. The maximum absolute atomic E-state index is 11.8. The zero-order chi connectivity index (χ0) is 18.5. The van der Waals surface area contributed by atoms with Crippen LogP contribution in [0.3, 0.4) is 0 Å². The molecule has 0 radical (unpaired) electrons. The van der Waals surface area contributed by atoms with E-state index in [1.807, 2.05) is 84.9 Å². The molecule has 0 spiro atoms. The van der Waals surface area contributed by atoms with Gasteiger partial charge < -0.3 is 5.11 Å². The maximum atomic E-state index is 11.8. The van der Waals surface area contributed by atoms with E-state index in [1.54, 1.807) is 0 Å². The Morgan fingerprint density at radius 1 is 0.444 bits per heavy atom. The van der Waals surface area contributed by atoms with Gasteiger partial charge in [0.25, 0.3) is 0 Å². The Morgan fingerprint density at radius 2 is 0.741 bits per heavy atom. The van der Waals surface area contributed by atoms with Crippen LogP contribution in [-0.4, -0.2) is 5.11 Å². The van der Waals surface area contributed by atoms with Crippen molar-refractivity contribution in [2.45, 2.75) is 11.5 Å². The first kappa shape index (κ1) is 17.3. The predicted molar refractivity (Wildman–Crippen MR) is 111 cm³/mol. The number of aliphatic hydroxyl groups is 1. The number of hydrogen-bond donors (Lipinski definition) is 1. The minimum atomic E-state index is -0.731. The van der Waals surface area contributed by atoms with Crippen molar-refractivity contribution in [3.05, 3.63) is 144 Å². The minimum absolute atomic E-state index is 0.703. The molecule has 0 aliphatic heterocycles. The summed E-state index contributed by atoms with van der Waals surface area (Å²) in [7, 11) is 0. The third-order valence-corrected chi connectivity index (χ3v) is 5.21. The number of aliphatic hydroxyl groups excluding tert-OH is 1. The Morgan fingerprint density at radius 3 is 1.07 bits per heavy atom. The standard InChI is InChI=1S/C26H22O/c27-25(21-13-5-1-6-14-21)26(22-15-7-2-8-16-22,23-17-9-3-10-18-23)24-19-11-4-12-20-24/h1-20,25,27H/t25-/m1/s1. The van der Waals surface area contributed by atoms with Gasteiger partial charge in [-0.15, -0.1) is 0 Å². The molecule has 132 valence electrons. The van der Waals surface area contributed by atoms with E-state index in [0.29, 0.717) is 0 Å². The number of hydrogen-bond acceptors (Lipinski definition) is 1. The van der Waals surface area contributed by atoms with Crippen molar-refractivity contribution in [1.29, 1.82) is 0 Å². The third-order valence-electron chi connectivity index (χ3n) is 5.21. The van der Waals surface area contributed by atoms with E-state index in [4.69, 9.17) is 0 Å². The van der Waals surface area contributed by atoms with Gasteiger partial charge in [-0.05, 0) is 22.3 Å². The van der Waals surface area contributed by atoms with Crippen LogP contribution in [-0.2, 0) is 5.41 Å². The van der Waals surface area contributed by atoms with Crippen molar-refractivity contribution >= 4 is 0 Å². The maximum Gasteiger partial charge on any atom is 0.0968 e. The molecule has 0 aliphatic carbocycles. The lowest BCUT2D eigenvalue weighted by atomic mass is 9.64. The van der Waals surface area contributed by atoms with Crippen LogP contribution >= 0.6 is 0 Å². The van der Waals surface area contributed by atoms with Crippen LogP contribution in [0.1, 0.15) is 28.4 Å². The van der Waals surface area contributed by atoms with Gasteiger partial charge in [0.05, 0.1) is 11.5 Å². The monoisotopic (exact) mass is 350 g/mol. The predicted octanol–water partition coefficient (Wildman–Crippen LogP) is 5.75. The van der Waals surface area contributed by atoms with Crippen molar-refractivity contribution in [2.24, 2.45) is 0 Å². The Bertz CT molecular complexity index is 867. The summed E-state index contributed by atoms with van der Waals surface area (Å²) in [6, 6.07) is 40.8.